The highest BCUT2D eigenvalue weighted by molar-refractivity contribution is 6.09. The highest BCUT2D eigenvalue weighted by Crippen LogP contribution is 2.15. The van der Waals surface area contributed by atoms with Gasteiger partial charge in [0, 0.05) is 16.7 Å². The van der Waals surface area contributed by atoms with Gasteiger partial charge in [-0.3, -0.25) is 14.4 Å². The monoisotopic (exact) mass is 358 g/mol. The van der Waals surface area contributed by atoms with Gasteiger partial charge in [-0.15, -0.1) is 0 Å². The molecule has 0 heterocycles. The maximum atomic E-state index is 12.5. The van der Waals surface area contributed by atoms with E-state index in [9.17, 15) is 14.4 Å². The molecular weight excluding hydrogens is 340 g/mol. The summed E-state index contributed by atoms with van der Waals surface area (Å²) in [5.74, 6) is -1.21. The van der Waals surface area contributed by atoms with E-state index in [1.54, 1.807) is 72.8 Å². The molecule has 5 nitrogen and oxygen atoms in total. The summed E-state index contributed by atoms with van der Waals surface area (Å²) in [4.78, 5) is 36.6. The Kier molecular flexibility index (Phi) is 5.42. The van der Waals surface area contributed by atoms with Crippen LogP contribution in [0.3, 0.4) is 0 Å². The summed E-state index contributed by atoms with van der Waals surface area (Å²) in [6, 6.07) is 23.0. The lowest BCUT2D eigenvalue weighted by Gasteiger charge is -2.16. The van der Waals surface area contributed by atoms with Crippen molar-refractivity contribution in [3.8, 4) is 0 Å². The molecule has 0 saturated heterocycles. The SMILES string of the molecule is NC(=O)[C@@H](NC(=O)c1ccc(C(=O)c2ccccc2)cc1)c1ccccc1. The van der Waals surface area contributed by atoms with Gasteiger partial charge in [-0.05, 0) is 17.7 Å². The minimum atomic E-state index is -0.927. The van der Waals surface area contributed by atoms with Gasteiger partial charge in [0.05, 0.1) is 0 Å². The van der Waals surface area contributed by atoms with Crippen LogP contribution in [0, 0.1) is 0 Å². The molecule has 0 spiro atoms. The Balaban J connectivity index is 1.75. The van der Waals surface area contributed by atoms with Crippen molar-refractivity contribution in [1.29, 1.82) is 0 Å². The molecule has 0 bridgehead atoms. The third-order valence-corrected chi connectivity index (χ3v) is 4.14. The lowest BCUT2D eigenvalue weighted by atomic mass is 10.0. The van der Waals surface area contributed by atoms with Crippen LogP contribution < -0.4 is 11.1 Å². The summed E-state index contributed by atoms with van der Waals surface area (Å²) in [6.45, 7) is 0. The molecule has 3 N–H and O–H groups in total. The molecule has 0 aliphatic carbocycles. The fraction of sp³-hybridized carbons (Fsp3) is 0.0455. The van der Waals surface area contributed by atoms with E-state index in [1.807, 2.05) is 12.1 Å². The Bertz CT molecular complexity index is 952. The van der Waals surface area contributed by atoms with Crippen LogP contribution in [0.5, 0.6) is 0 Å². The van der Waals surface area contributed by atoms with Crippen molar-refractivity contribution in [2.45, 2.75) is 6.04 Å². The van der Waals surface area contributed by atoms with Gasteiger partial charge in [-0.1, -0.05) is 72.8 Å². The maximum absolute atomic E-state index is 12.5. The first kappa shape index (κ1) is 18.1. The maximum Gasteiger partial charge on any atom is 0.252 e. The van der Waals surface area contributed by atoms with Gasteiger partial charge in [0.2, 0.25) is 5.91 Å². The molecule has 5 heteroatoms. The predicted octanol–water partition coefficient (Wildman–Crippen LogP) is 2.87. The highest BCUT2D eigenvalue weighted by atomic mass is 16.2. The summed E-state index contributed by atoms with van der Waals surface area (Å²) < 4.78 is 0. The van der Waals surface area contributed by atoms with E-state index in [-0.39, 0.29) is 5.78 Å². The first-order valence-corrected chi connectivity index (χ1v) is 8.41. The van der Waals surface area contributed by atoms with Crippen LogP contribution in [0.25, 0.3) is 0 Å². The first-order chi connectivity index (χ1) is 13.1. The van der Waals surface area contributed by atoms with Crippen LogP contribution in [0.1, 0.15) is 37.9 Å². The smallest absolute Gasteiger partial charge is 0.252 e. The molecule has 134 valence electrons. The summed E-state index contributed by atoms with van der Waals surface area (Å²) in [5, 5.41) is 2.63. The van der Waals surface area contributed by atoms with Crippen molar-refractivity contribution in [2.75, 3.05) is 0 Å². The Morgan fingerprint density at radius 2 is 1.15 bits per heavy atom. The molecule has 27 heavy (non-hydrogen) atoms. The van der Waals surface area contributed by atoms with Crippen LogP contribution in [0.15, 0.2) is 84.9 Å². The van der Waals surface area contributed by atoms with Crippen molar-refractivity contribution in [3.63, 3.8) is 0 Å². The number of benzene rings is 3. The van der Waals surface area contributed by atoms with Crippen LogP contribution in [-0.4, -0.2) is 17.6 Å². The second-order valence-corrected chi connectivity index (χ2v) is 5.99. The molecular formula is C22H18N2O3. The number of hydrogen-bond acceptors (Lipinski definition) is 3. The van der Waals surface area contributed by atoms with Gasteiger partial charge in [0.1, 0.15) is 6.04 Å². The normalized spacial score (nSPS) is 11.4. The molecule has 0 fully saturated rings. The molecule has 0 radical (unpaired) electrons. The van der Waals surface area contributed by atoms with E-state index in [0.717, 1.165) is 0 Å². The Morgan fingerprint density at radius 1 is 0.667 bits per heavy atom. The van der Waals surface area contributed by atoms with Crippen molar-refractivity contribution in [2.24, 2.45) is 5.73 Å². The standard InChI is InChI=1S/C22H18N2O3/c23-21(26)19(15-7-3-1-4-8-15)24-22(27)18-13-11-17(12-14-18)20(25)16-9-5-2-6-10-16/h1-14,19H,(H2,23,26)(H,24,27)/t19-/m0/s1. The molecule has 2 amide bonds. The highest BCUT2D eigenvalue weighted by Gasteiger charge is 2.21. The summed E-state index contributed by atoms with van der Waals surface area (Å²) in [6.07, 6.45) is 0. The van der Waals surface area contributed by atoms with Crippen molar-refractivity contribution >= 4 is 17.6 Å². The zero-order chi connectivity index (χ0) is 19.2. The van der Waals surface area contributed by atoms with Crippen LogP contribution in [0.4, 0.5) is 0 Å². The van der Waals surface area contributed by atoms with E-state index in [1.165, 1.54) is 0 Å². The molecule has 0 saturated carbocycles. The quantitative estimate of drug-likeness (QED) is 0.664. The Labute approximate surface area is 156 Å². The van der Waals surface area contributed by atoms with Gasteiger partial charge < -0.3 is 11.1 Å². The number of nitrogens with one attached hydrogen (secondary N) is 1. The average Bonchev–Trinajstić information content (AvgIpc) is 2.72. The zero-order valence-corrected chi connectivity index (χ0v) is 14.5. The molecule has 1 atom stereocenters. The second-order valence-electron chi connectivity index (χ2n) is 5.99. The first-order valence-electron chi connectivity index (χ1n) is 8.41. The minimum absolute atomic E-state index is 0.123. The van der Waals surface area contributed by atoms with E-state index in [4.69, 9.17) is 5.73 Å². The molecule has 3 rings (SSSR count). The van der Waals surface area contributed by atoms with Crippen LogP contribution >= 0.6 is 0 Å². The van der Waals surface area contributed by atoms with Gasteiger partial charge in [-0.25, -0.2) is 0 Å². The summed E-state index contributed by atoms with van der Waals surface area (Å²) >= 11 is 0. The predicted molar refractivity (Wildman–Crippen MR) is 102 cm³/mol. The molecule has 0 aliphatic heterocycles. The third kappa shape index (κ3) is 4.27. The number of carbonyl (C=O) groups excluding carboxylic acids is 3. The second kappa shape index (κ2) is 8.10. The fourth-order valence-electron chi connectivity index (χ4n) is 2.71. The lowest BCUT2D eigenvalue weighted by molar-refractivity contribution is -0.120. The third-order valence-electron chi connectivity index (χ3n) is 4.14. The molecule has 0 unspecified atom stereocenters. The van der Waals surface area contributed by atoms with Crippen molar-refractivity contribution in [3.05, 3.63) is 107 Å². The lowest BCUT2D eigenvalue weighted by Crippen LogP contribution is -2.37. The minimum Gasteiger partial charge on any atom is -0.368 e. The number of nitrogens with two attached hydrogens (primary N) is 1. The Morgan fingerprint density at radius 3 is 1.70 bits per heavy atom. The van der Waals surface area contributed by atoms with Gasteiger partial charge in [0.25, 0.3) is 5.91 Å². The van der Waals surface area contributed by atoms with Crippen LogP contribution in [-0.2, 0) is 4.79 Å². The van der Waals surface area contributed by atoms with Crippen molar-refractivity contribution < 1.29 is 14.4 Å². The summed E-state index contributed by atoms with van der Waals surface area (Å²) in [7, 11) is 0. The van der Waals surface area contributed by atoms with E-state index in [2.05, 4.69) is 5.32 Å². The summed E-state index contributed by atoms with van der Waals surface area (Å²) in [5.41, 5.74) is 7.42. The average molecular weight is 358 g/mol. The Hall–Kier alpha value is -3.73. The number of rotatable bonds is 6. The van der Waals surface area contributed by atoms with Gasteiger partial charge >= 0.3 is 0 Å². The zero-order valence-electron chi connectivity index (χ0n) is 14.5. The fourth-order valence-corrected chi connectivity index (χ4v) is 2.71. The van der Waals surface area contributed by atoms with E-state index in [0.29, 0.717) is 22.3 Å². The van der Waals surface area contributed by atoms with E-state index < -0.39 is 17.9 Å². The largest absolute Gasteiger partial charge is 0.368 e. The van der Waals surface area contributed by atoms with E-state index >= 15 is 0 Å². The topological polar surface area (TPSA) is 89.3 Å². The van der Waals surface area contributed by atoms with Crippen LogP contribution in [0.2, 0.25) is 0 Å². The number of hydrogen-bond donors (Lipinski definition) is 2. The number of amides is 2. The van der Waals surface area contributed by atoms with Crippen molar-refractivity contribution in [1.82, 2.24) is 5.32 Å². The molecule has 0 aromatic heterocycles. The molecule has 3 aromatic rings. The number of carbonyl (C=O) groups is 3. The number of primary amides is 1. The number of ketones is 1. The molecule has 0 aliphatic rings. The van der Waals surface area contributed by atoms with Gasteiger partial charge in [0.15, 0.2) is 5.78 Å². The van der Waals surface area contributed by atoms with Gasteiger partial charge in [-0.2, -0.15) is 0 Å². The molecule has 3 aromatic carbocycles.